The molecule has 0 saturated carbocycles. The third kappa shape index (κ3) is 28.0. The van der Waals surface area contributed by atoms with Crippen molar-refractivity contribution in [2.75, 3.05) is 35.5 Å². The van der Waals surface area contributed by atoms with E-state index in [1.165, 1.54) is 78.4 Å². The lowest BCUT2D eigenvalue weighted by molar-refractivity contribution is 0.370. The largest absolute Gasteiger partial charge is 0.497 e. The maximum Gasteiger partial charge on any atom is 0.165 e. The minimum atomic E-state index is -0.296. The van der Waals surface area contributed by atoms with Gasteiger partial charge in [-0.2, -0.15) is 0 Å². The van der Waals surface area contributed by atoms with Gasteiger partial charge in [-0.1, -0.05) is 223 Å². The average molecular weight is 1290 g/mol. The molecule has 0 aromatic heterocycles. The van der Waals surface area contributed by atoms with Crippen molar-refractivity contribution in [2.45, 2.75) is 197 Å². The predicted molar refractivity (Wildman–Crippen MR) is 373 cm³/mol. The first kappa shape index (κ1) is 81.1. The van der Waals surface area contributed by atoms with Gasteiger partial charge in [0.15, 0.2) is 23.1 Å². The Bertz CT molecular complexity index is 3230. The zero-order chi connectivity index (χ0) is 69.0. The number of benzene rings is 7. The van der Waals surface area contributed by atoms with Gasteiger partial charge in [-0.25, -0.2) is 17.6 Å². The first-order valence-corrected chi connectivity index (χ1v) is 30.9. The molecule has 0 N–H and O–H groups in total. The Morgan fingerprint density at radius 3 is 1.18 bits per heavy atom. The van der Waals surface area contributed by atoms with Crippen LogP contribution in [0.2, 0.25) is 15.1 Å². The molecule has 0 atom stereocenters. The van der Waals surface area contributed by atoms with Crippen LogP contribution in [0.15, 0.2) is 127 Å². The monoisotopic (exact) mass is 1290 g/mol. The van der Waals surface area contributed by atoms with Crippen LogP contribution in [-0.4, -0.2) is 35.5 Å². The number of halogens is 7. The van der Waals surface area contributed by atoms with Crippen molar-refractivity contribution < 1.29 is 41.2 Å². The number of rotatable bonds is 5. The first-order chi connectivity index (χ1) is 40.6. The van der Waals surface area contributed by atoms with Crippen molar-refractivity contribution in [2.24, 2.45) is 0 Å². The predicted octanol–water partition coefficient (Wildman–Crippen LogP) is 24.1. The van der Waals surface area contributed by atoms with Crippen LogP contribution in [0.3, 0.4) is 0 Å². The summed E-state index contributed by atoms with van der Waals surface area (Å²) in [5, 5.41) is 2.04. The number of hydrogen-bond donors (Lipinski definition) is 0. The van der Waals surface area contributed by atoms with Crippen LogP contribution in [0.5, 0.6) is 28.7 Å². The molecule has 7 aromatic rings. The number of methoxy groups -OCH3 is 5. The zero-order valence-electron chi connectivity index (χ0n) is 58.8. The van der Waals surface area contributed by atoms with Crippen LogP contribution in [0, 0.1) is 37.1 Å². The molecule has 7 aromatic carbocycles. The quantitative estimate of drug-likeness (QED) is 0.161. The number of aryl methyl sites for hydroxylation is 2. The Hall–Kier alpha value is -5.87. The Balaban J connectivity index is 0.000000519. The van der Waals surface area contributed by atoms with Crippen molar-refractivity contribution in [1.82, 2.24) is 0 Å². The average Bonchev–Trinajstić information content (AvgIpc) is 2.25. The maximum atomic E-state index is 13.3. The van der Waals surface area contributed by atoms with E-state index in [0.717, 1.165) is 44.5 Å². The smallest absolute Gasteiger partial charge is 0.165 e. The first-order valence-electron chi connectivity index (χ1n) is 29.8. The second-order valence-corrected chi connectivity index (χ2v) is 30.2. The van der Waals surface area contributed by atoms with E-state index in [0.29, 0.717) is 21.5 Å². The third-order valence-electron chi connectivity index (χ3n) is 13.8. The Morgan fingerprint density at radius 2 is 0.764 bits per heavy atom. The highest BCUT2D eigenvalue weighted by Gasteiger charge is 2.23. The Morgan fingerprint density at radius 1 is 0.315 bits per heavy atom. The summed E-state index contributed by atoms with van der Waals surface area (Å²) in [4.78, 5) is 0. The molecule has 0 spiro atoms. The van der Waals surface area contributed by atoms with Gasteiger partial charge in [0.2, 0.25) is 0 Å². The summed E-state index contributed by atoms with van der Waals surface area (Å²) < 4.78 is 77.6. The normalized spacial score (nSPS) is 11.5. The van der Waals surface area contributed by atoms with Gasteiger partial charge in [0.05, 0.1) is 35.5 Å². The molecule has 0 radical (unpaired) electrons. The molecule has 0 amide bonds. The highest BCUT2D eigenvalue weighted by Crippen LogP contribution is 2.36. The molecule has 0 aliphatic rings. The van der Waals surface area contributed by atoms with E-state index < -0.39 is 0 Å². The summed E-state index contributed by atoms with van der Waals surface area (Å²) in [5.41, 5.74) is 10.4. The zero-order valence-corrected chi connectivity index (χ0v) is 61.1. The number of hydrogen-bond acceptors (Lipinski definition) is 5. The molecule has 0 bridgehead atoms. The van der Waals surface area contributed by atoms with Crippen LogP contribution in [0.1, 0.15) is 195 Å². The molecule has 0 aliphatic heterocycles. The lowest BCUT2D eigenvalue weighted by Crippen LogP contribution is -2.13. The molecule has 5 nitrogen and oxygen atoms in total. The highest BCUT2D eigenvalue weighted by molar-refractivity contribution is 6.31. The van der Waals surface area contributed by atoms with E-state index in [4.69, 9.17) is 58.5 Å². The van der Waals surface area contributed by atoms with Crippen molar-refractivity contribution in [3.05, 3.63) is 216 Å². The summed E-state index contributed by atoms with van der Waals surface area (Å²) in [6, 6.07) is 37.4. The Labute approximate surface area is 550 Å². The minimum Gasteiger partial charge on any atom is -0.497 e. The summed E-state index contributed by atoms with van der Waals surface area (Å²) in [5.74, 6) is 2.12. The van der Waals surface area contributed by atoms with E-state index in [1.807, 2.05) is 126 Å². The molecule has 89 heavy (non-hydrogen) atoms. The molecule has 0 unspecified atom stereocenters. The second kappa shape index (κ2) is 34.5. The highest BCUT2D eigenvalue weighted by atomic mass is 35.5. The summed E-state index contributed by atoms with van der Waals surface area (Å²) >= 11 is 17.6. The van der Waals surface area contributed by atoms with Gasteiger partial charge in [-0.05, 0) is 176 Å². The summed E-state index contributed by atoms with van der Waals surface area (Å²) in [6.07, 6.45) is 0. The van der Waals surface area contributed by atoms with Gasteiger partial charge in [-0.15, -0.1) is 0 Å². The van der Waals surface area contributed by atoms with Crippen LogP contribution in [0.4, 0.5) is 17.6 Å². The minimum absolute atomic E-state index is 0.0207. The van der Waals surface area contributed by atoms with E-state index in [-0.39, 0.29) is 61.2 Å². The number of para-hydroxylation sites is 1. The second-order valence-electron chi connectivity index (χ2n) is 28.9. The van der Waals surface area contributed by atoms with Gasteiger partial charge in [0, 0.05) is 26.2 Å². The fourth-order valence-electron chi connectivity index (χ4n) is 8.86. The SMILES string of the molecule is CC(C)(C)c1ccc(F)cc1Cl.COc1c(F)cccc1C(C)(C)C.COc1cc(C)cc(C(C)(C)C)c1.COc1cc(Cl)ccc1C(C)(C)C.COc1ccc(C(C)(C)C)cc1F.COc1ccc(F)cc1C(C)(C)C.Cc1cc(Cl)ccc1C(C)(C)C. The molecule has 492 valence electrons. The topological polar surface area (TPSA) is 46.2 Å². The van der Waals surface area contributed by atoms with Crippen LogP contribution in [0.25, 0.3) is 0 Å². The standard InChI is InChI=1S/C12H18O.C11H15ClO.C11H15Cl.3C11H15FO.C10H12ClF/c1-9-6-10(12(2,3)4)8-11(7-9)13-5;1-11(2,3)9-6-5-8(12)7-10(9)13-4;1-8-7-9(12)5-6-10(8)11(2,3)4;1-11(2,3)9-7-8(12)5-6-10(9)13-4;1-11(2,3)8-5-6-10(13-4)9(12)7-8;1-11(2,3)8-6-5-7-9(12)10(8)13-4;1-10(2,3)8-5-4-7(12)6-9(8)11/h6-8H,1-5H3;5-7H,1-4H3;5-7H,1-4H3;3*5-7H,1-4H3;4-6H,1-3H3. The van der Waals surface area contributed by atoms with Gasteiger partial charge in [-0.3, -0.25) is 0 Å². The Kier molecular flexibility index (Phi) is 31.5. The van der Waals surface area contributed by atoms with Crippen molar-refractivity contribution in [3.8, 4) is 28.7 Å². The van der Waals surface area contributed by atoms with Gasteiger partial charge < -0.3 is 23.7 Å². The molecular weight excluding hydrogens is 1190 g/mol. The molecule has 0 heterocycles. The summed E-state index contributed by atoms with van der Waals surface area (Å²) in [7, 11) is 7.94. The van der Waals surface area contributed by atoms with Gasteiger partial charge in [0.1, 0.15) is 28.9 Å². The van der Waals surface area contributed by atoms with Gasteiger partial charge in [0.25, 0.3) is 0 Å². The third-order valence-corrected chi connectivity index (χ3v) is 14.6. The molecule has 12 heteroatoms. The van der Waals surface area contributed by atoms with Crippen molar-refractivity contribution in [3.63, 3.8) is 0 Å². The fraction of sp³-hybridized carbons (Fsp3) is 0.455. The van der Waals surface area contributed by atoms with E-state index >= 15 is 0 Å². The molecule has 0 saturated heterocycles. The van der Waals surface area contributed by atoms with Gasteiger partial charge >= 0.3 is 0 Å². The molecule has 0 aliphatic carbocycles. The van der Waals surface area contributed by atoms with E-state index in [2.05, 4.69) is 100 Å². The maximum absolute atomic E-state index is 13.3. The van der Waals surface area contributed by atoms with E-state index in [9.17, 15) is 17.6 Å². The number of ether oxygens (including phenoxy) is 5. The summed E-state index contributed by atoms with van der Waals surface area (Å²) in [6.45, 7) is 48.4. The van der Waals surface area contributed by atoms with Crippen LogP contribution >= 0.6 is 34.8 Å². The van der Waals surface area contributed by atoms with E-state index in [1.54, 1.807) is 45.6 Å². The van der Waals surface area contributed by atoms with Crippen molar-refractivity contribution in [1.29, 1.82) is 0 Å². The van der Waals surface area contributed by atoms with Crippen LogP contribution < -0.4 is 23.7 Å². The van der Waals surface area contributed by atoms with Crippen LogP contribution in [-0.2, 0) is 37.9 Å². The lowest BCUT2D eigenvalue weighted by atomic mass is 9.84. The van der Waals surface area contributed by atoms with Crippen molar-refractivity contribution >= 4 is 34.8 Å². The molecular formula is C77H105Cl3F4O5. The molecule has 0 fully saturated rings. The fourth-order valence-corrected chi connectivity index (χ4v) is 9.70. The lowest BCUT2D eigenvalue weighted by Gasteiger charge is -2.21. The molecule has 7 rings (SSSR count).